The maximum absolute atomic E-state index is 12.6. The number of nitrogens with zero attached hydrogens (tertiary/aromatic N) is 2. The lowest BCUT2D eigenvalue weighted by atomic mass is 10.1. The molecule has 29 heavy (non-hydrogen) atoms. The van der Waals surface area contributed by atoms with E-state index in [1.165, 1.54) is 10.9 Å². The number of aromatic nitrogens is 3. The summed E-state index contributed by atoms with van der Waals surface area (Å²) in [5.41, 5.74) is 3.05. The van der Waals surface area contributed by atoms with Crippen molar-refractivity contribution >= 4 is 39.5 Å². The number of halogens is 1. The van der Waals surface area contributed by atoms with Crippen LogP contribution in [0.15, 0.2) is 39.9 Å². The van der Waals surface area contributed by atoms with E-state index in [1.54, 1.807) is 6.92 Å². The molecule has 2 N–H and O–H groups in total. The van der Waals surface area contributed by atoms with Gasteiger partial charge in [-0.15, -0.1) is 0 Å². The molecule has 4 aromatic rings. The molecule has 1 amide bonds. The molecule has 0 unspecified atom stereocenters. The molecule has 0 fully saturated rings. The third-order valence-corrected chi connectivity index (χ3v) is 5.42. The Kier molecular flexibility index (Phi) is 5.15. The Morgan fingerprint density at radius 1 is 1.34 bits per heavy atom. The van der Waals surface area contributed by atoms with Gasteiger partial charge in [-0.3, -0.25) is 14.2 Å². The maximum Gasteiger partial charge on any atom is 0.264 e. The van der Waals surface area contributed by atoms with Gasteiger partial charge in [0, 0.05) is 47.2 Å². The fourth-order valence-corrected chi connectivity index (χ4v) is 3.61. The van der Waals surface area contributed by atoms with E-state index in [0.29, 0.717) is 34.8 Å². The quantitative estimate of drug-likeness (QED) is 0.507. The number of aromatic amines is 1. The van der Waals surface area contributed by atoms with Crippen LogP contribution in [-0.4, -0.2) is 27.0 Å². The minimum atomic E-state index is -0.187. The summed E-state index contributed by atoms with van der Waals surface area (Å²) in [7, 11) is 0. The summed E-state index contributed by atoms with van der Waals surface area (Å²) in [4.78, 5) is 32.2. The Balaban J connectivity index is 1.35. The summed E-state index contributed by atoms with van der Waals surface area (Å²) in [5.74, 6) is 0.564. The Bertz CT molecular complexity index is 1270. The van der Waals surface area contributed by atoms with Crippen LogP contribution in [0.2, 0.25) is 5.02 Å². The molecule has 0 bridgehead atoms. The summed E-state index contributed by atoms with van der Waals surface area (Å²) in [6, 6.07) is 5.69. The molecule has 3 aromatic heterocycles. The summed E-state index contributed by atoms with van der Waals surface area (Å²) >= 11 is 6.07. The lowest BCUT2D eigenvalue weighted by Gasteiger charge is -2.07. The minimum Gasteiger partial charge on any atom is -0.443 e. The molecule has 0 aliphatic heterocycles. The molecule has 0 atom stereocenters. The number of aryl methyl sites for hydroxylation is 3. The van der Waals surface area contributed by atoms with E-state index in [4.69, 9.17) is 16.0 Å². The van der Waals surface area contributed by atoms with Crippen LogP contribution in [0, 0.1) is 13.8 Å². The van der Waals surface area contributed by atoms with Crippen molar-refractivity contribution in [2.24, 2.45) is 0 Å². The third kappa shape index (κ3) is 3.78. The average molecular weight is 413 g/mol. The van der Waals surface area contributed by atoms with E-state index >= 15 is 0 Å². The minimum absolute atomic E-state index is 0.116. The van der Waals surface area contributed by atoms with Crippen molar-refractivity contribution in [2.75, 3.05) is 6.54 Å². The van der Waals surface area contributed by atoms with Gasteiger partial charge in [-0.1, -0.05) is 11.6 Å². The second-order valence-electron chi connectivity index (χ2n) is 7.06. The molecule has 0 saturated carbocycles. The topological polar surface area (TPSA) is 92.9 Å². The van der Waals surface area contributed by atoms with Gasteiger partial charge >= 0.3 is 0 Å². The number of carbonyl (C=O) groups excluding carboxylic acids is 1. The summed E-state index contributed by atoms with van der Waals surface area (Å²) in [6.45, 7) is 4.40. The number of nitrogens with one attached hydrogen (secondary N) is 2. The highest BCUT2D eigenvalue weighted by Crippen LogP contribution is 2.22. The number of hydrogen-bond donors (Lipinski definition) is 2. The van der Waals surface area contributed by atoms with Gasteiger partial charge < -0.3 is 14.7 Å². The van der Waals surface area contributed by atoms with E-state index in [-0.39, 0.29) is 24.4 Å². The van der Waals surface area contributed by atoms with E-state index < -0.39 is 0 Å². The number of H-pyrrole nitrogens is 1. The number of benzene rings is 1. The van der Waals surface area contributed by atoms with E-state index in [0.717, 1.165) is 22.0 Å². The predicted octanol–water partition coefficient (Wildman–Crippen LogP) is 3.49. The van der Waals surface area contributed by atoms with Gasteiger partial charge in [-0.25, -0.2) is 4.98 Å². The standard InChI is InChI=1S/C21H21ClN4O3/c1-12-13(2)29-20-19(12)21(28)26(11-25-20)8-6-18(27)23-7-5-14-10-24-17-4-3-15(22)9-16(14)17/h3-4,9-11,24H,5-8H2,1-2H3,(H,23,27). The van der Waals surface area contributed by atoms with Crippen LogP contribution in [0.3, 0.4) is 0 Å². The zero-order chi connectivity index (χ0) is 20.5. The third-order valence-electron chi connectivity index (χ3n) is 5.18. The van der Waals surface area contributed by atoms with Crippen LogP contribution >= 0.6 is 11.6 Å². The van der Waals surface area contributed by atoms with E-state index in [9.17, 15) is 9.59 Å². The summed E-state index contributed by atoms with van der Waals surface area (Å²) in [5, 5.41) is 5.12. The molecule has 0 aliphatic rings. The highest BCUT2D eigenvalue weighted by Gasteiger charge is 2.14. The van der Waals surface area contributed by atoms with Gasteiger partial charge in [0.25, 0.3) is 5.56 Å². The number of hydrogen-bond acceptors (Lipinski definition) is 4. The fourth-order valence-electron chi connectivity index (χ4n) is 3.43. The van der Waals surface area contributed by atoms with E-state index in [2.05, 4.69) is 15.3 Å². The van der Waals surface area contributed by atoms with Crippen LogP contribution in [0.4, 0.5) is 0 Å². The van der Waals surface area contributed by atoms with Crippen LogP contribution in [0.5, 0.6) is 0 Å². The van der Waals surface area contributed by atoms with Crippen molar-refractivity contribution in [1.82, 2.24) is 19.9 Å². The van der Waals surface area contributed by atoms with Crippen molar-refractivity contribution in [1.29, 1.82) is 0 Å². The Morgan fingerprint density at radius 2 is 2.17 bits per heavy atom. The number of rotatable bonds is 6. The molecule has 4 rings (SSSR count). The molecule has 7 nitrogen and oxygen atoms in total. The van der Waals surface area contributed by atoms with Crippen molar-refractivity contribution in [3.63, 3.8) is 0 Å². The monoisotopic (exact) mass is 412 g/mol. The van der Waals surface area contributed by atoms with Gasteiger partial charge in [0.15, 0.2) is 0 Å². The van der Waals surface area contributed by atoms with Gasteiger partial charge in [-0.2, -0.15) is 0 Å². The second kappa shape index (κ2) is 7.75. The number of furan rings is 1. The highest BCUT2D eigenvalue weighted by atomic mass is 35.5. The van der Waals surface area contributed by atoms with Gasteiger partial charge in [0.05, 0.1) is 0 Å². The van der Waals surface area contributed by atoms with Crippen molar-refractivity contribution < 1.29 is 9.21 Å². The summed E-state index contributed by atoms with van der Waals surface area (Å²) in [6.07, 6.45) is 4.24. The maximum atomic E-state index is 12.6. The first kappa shape index (κ1) is 19.3. The molecule has 0 spiro atoms. The van der Waals surface area contributed by atoms with Crippen LogP contribution in [0.25, 0.3) is 22.0 Å². The Morgan fingerprint density at radius 3 is 3.00 bits per heavy atom. The molecule has 3 heterocycles. The first-order valence-corrected chi connectivity index (χ1v) is 9.79. The predicted molar refractivity (Wildman–Crippen MR) is 112 cm³/mol. The molecular formula is C21H21ClN4O3. The Hall–Kier alpha value is -3.06. The molecule has 8 heteroatoms. The molecule has 150 valence electrons. The highest BCUT2D eigenvalue weighted by molar-refractivity contribution is 6.31. The smallest absolute Gasteiger partial charge is 0.264 e. The average Bonchev–Trinajstić information content (AvgIpc) is 3.22. The second-order valence-corrected chi connectivity index (χ2v) is 7.50. The number of carbonyl (C=O) groups is 1. The van der Waals surface area contributed by atoms with Crippen molar-refractivity contribution in [3.05, 3.63) is 63.0 Å². The normalized spacial score (nSPS) is 11.4. The summed E-state index contributed by atoms with van der Waals surface area (Å²) < 4.78 is 6.92. The number of fused-ring (bicyclic) bond motifs is 2. The fraction of sp³-hybridized carbons (Fsp3) is 0.286. The zero-order valence-electron chi connectivity index (χ0n) is 16.2. The molecular weight excluding hydrogens is 392 g/mol. The van der Waals surface area contributed by atoms with Gasteiger partial charge in [-0.05, 0) is 44.0 Å². The number of amides is 1. The van der Waals surface area contributed by atoms with Crippen molar-refractivity contribution in [3.8, 4) is 0 Å². The molecule has 1 aromatic carbocycles. The Labute approximate surface area is 171 Å². The largest absolute Gasteiger partial charge is 0.443 e. The molecule has 0 radical (unpaired) electrons. The first-order valence-electron chi connectivity index (χ1n) is 9.41. The van der Waals surface area contributed by atoms with Crippen molar-refractivity contribution in [2.45, 2.75) is 33.2 Å². The SMILES string of the molecule is Cc1oc2ncn(CCC(=O)NCCc3c[nH]c4ccc(Cl)cc34)c(=O)c2c1C. The van der Waals surface area contributed by atoms with Crippen LogP contribution in [0.1, 0.15) is 23.3 Å². The van der Waals surface area contributed by atoms with Crippen LogP contribution in [-0.2, 0) is 17.8 Å². The lowest BCUT2D eigenvalue weighted by Crippen LogP contribution is -2.29. The molecule has 0 aliphatic carbocycles. The molecule has 0 saturated heterocycles. The van der Waals surface area contributed by atoms with E-state index in [1.807, 2.05) is 31.3 Å². The van der Waals surface area contributed by atoms with Crippen LogP contribution < -0.4 is 10.9 Å². The lowest BCUT2D eigenvalue weighted by molar-refractivity contribution is -0.121. The zero-order valence-corrected chi connectivity index (χ0v) is 17.0. The first-order chi connectivity index (χ1) is 13.9. The van der Waals surface area contributed by atoms with Gasteiger partial charge in [0.1, 0.15) is 17.5 Å². The van der Waals surface area contributed by atoms with Gasteiger partial charge in [0.2, 0.25) is 11.6 Å².